The van der Waals surface area contributed by atoms with Gasteiger partial charge < -0.3 is 5.32 Å². The van der Waals surface area contributed by atoms with Crippen molar-refractivity contribution in [3.63, 3.8) is 0 Å². The summed E-state index contributed by atoms with van der Waals surface area (Å²) in [7, 11) is 2.04. The molecule has 1 aliphatic rings. The highest BCUT2D eigenvalue weighted by molar-refractivity contribution is 6.33. The van der Waals surface area contributed by atoms with E-state index in [1.807, 2.05) is 25.2 Å². The van der Waals surface area contributed by atoms with Gasteiger partial charge in [0.1, 0.15) is 0 Å². The smallest absolute Gasteiger partial charge is 0.0484 e. The van der Waals surface area contributed by atoms with E-state index in [2.05, 4.69) is 35.6 Å². The lowest BCUT2D eigenvalue weighted by molar-refractivity contribution is 0.586. The van der Waals surface area contributed by atoms with E-state index in [0.29, 0.717) is 0 Å². The van der Waals surface area contributed by atoms with Gasteiger partial charge in [0, 0.05) is 16.1 Å². The summed E-state index contributed by atoms with van der Waals surface area (Å²) in [6, 6.07) is 16.7. The summed E-state index contributed by atoms with van der Waals surface area (Å²) >= 11 is 6.26. The van der Waals surface area contributed by atoms with Crippen molar-refractivity contribution in [2.24, 2.45) is 0 Å². The zero-order valence-corrected chi connectivity index (χ0v) is 12.4. The summed E-state index contributed by atoms with van der Waals surface area (Å²) in [6.45, 7) is 0. The van der Waals surface area contributed by atoms with Crippen molar-refractivity contribution in [2.45, 2.75) is 18.4 Å². The molecule has 1 nitrogen and oxygen atoms in total. The van der Waals surface area contributed by atoms with Crippen LogP contribution >= 0.6 is 24.0 Å². The van der Waals surface area contributed by atoms with Crippen molar-refractivity contribution in [1.29, 1.82) is 0 Å². The van der Waals surface area contributed by atoms with E-state index < -0.39 is 0 Å². The minimum absolute atomic E-state index is 0. The largest absolute Gasteiger partial charge is 0.310 e. The van der Waals surface area contributed by atoms with E-state index in [0.717, 1.165) is 10.6 Å². The van der Waals surface area contributed by atoms with E-state index in [-0.39, 0.29) is 17.9 Å². The van der Waals surface area contributed by atoms with Crippen LogP contribution < -0.4 is 5.32 Å². The topological polar surface area (TPSA) is 12.0 Å². The molecule has 0 bridgehead atoms. The minimum Gasteiger partial charge on any atom is -0.310 e. The molecule has 19 heavy (non-hydrogen) atoms. The Morgan fingerprint density at radius 2 is 1.79 bits per heavy atom. The van der Waals surface area contributed by atoms with Gasteiger partial charge in [0.25, 0.3) is 0 Å². The van der Waals surface area contributed by atoms with Crippen LogP contribution in [0.3, 0.4) is 0 Å². The fraction of sp³-hybridized carbons (Fsp3) is 0.250. The maximum absolute atomic E-state index is 6.26. The maximum atomic E-state index is 6.26. The normalized spacial score (nSPS) is 15.7. The quantitative estimate of drug-likeness (QED) is 0.869. The predicted octanol–water partition coefficient (Wildman–Crippen LogP) is 4.64. The number of hydrogen-bond acceptors (Lipinski definition) is 1. The number of nitrogens with one attached hydrogen (secondary N) is 1. The van der Waals surface area contributed by atoms with Crippen molar-refractivity contribution in [1.82, 2.24) is 5.32 Å². The zero-order chi connectivity index (χ0) is 12.6. The lowest BCUT2D eigenvalue weighted by atomic mass is 9.98. The Morgan fingerprint density at radius 1 is 1.05 bits per heavy atom. The molecule has 0 radical (unpaired) electrons. The van der Waals surface area contributed by atoms with E-state index in [4.69, 9.17) is 11.6 Å². The molecule has 1 aliphatic carbocycles. The highest BCUT2D eigenvalue weighted by atomic mass is 35.5. The van der Waals surface area contributed by atoms with Crippen molar-refractivity contribution in [2.75, 3.05) is 7.05 Å². The molecule has 0 aliphatic heterocycles. The summed E-state index contributed by atoms with van der Waals surface area (Å²) in [4.78, 5) is 0. The Bertz CT molecular complexity index is 576. The average Bonchev–Trinajstić information content (AvgIpc) is 3.20. The van der Waals surface area contributed by atoms with Gasteiger partial charge in [-0.3, -0.25) is 0 Å². The van der Waals surface area contributed by atoms with Crippen LogP contribution in [0.1, 0.15) is 18.4 Å². The molecule has 2 aromatic rings. The van der Waals surface area contributed by atoms with Gasteiger partial charge in [0.05, 0.1) is 0 Å². The third-order valence-corrected chi connectivity index (χ3v) is 4.16. The third-order valence-electron chi connectivity index (χ3n) is 3.83. The first-order chi connectivity index (χ1) is 8.75. The molecule has 1 saturated carbocycles. The fourth-order valence-corrected chi connectivity index (χ4v) is 2.73. The predicted molar refractivity (Wildman–Crippen MR) is 84.1 cm³/mol. The van der Waals surface area contributed by atoms with Crippen molar-refractivity contribution >= 4 is 24.0 Å². The Kier molecular flexibility index (Phi) is 4.19. The van der Waals surface area contributed by atoms with Gasteiger partial charge in [0.2, 0.25) is 0 Å². The van der Waals surface area contributed by atoms with Crippen LogP contribution in [0.15, 0.2) is 48.5 Å². The summed E-state index contributed by atoms with van der Waals surface area (Å²) < 4.78 is 0. The van der Waals surface area contributed by atoms with Crippen LogP contribution in [-0.4, -0.2) is 7.05 Å². The number of hydrogen-bond donors (Lipinski definition) is 1. The van der Waals surface area contributed by atoms with Gasteiger partial charge >= 0.3 is 0 Å². The summed E-state index contributed by atoms with van der Waals surface area (Å²) in [5, 5.41) is 4.24. The van der Waals surface area contributed by atoms with Gasteiger partial charge in [-0.1, -0.05) is 48.0 Å². The first-order valence-electron chi connectivity index (χ1n) is 6.29. The molecule has 1 fully saturated rings. The summed E-state index contributed by atoms with van der Waals surface area (Å²) in [5.74, 6) is 0. The van der Waals surface area contributed by atoms with Crippen LogP contribution in [0.2, 0.25) is 5.02 Å². The Labute approximate surface area is 125 Å². The molecular weight excluding hydrogens is 277 g/mol. The molecular formula is C16H17Cl2N. The van der Waals surface area contributed by atoms with E-state index >= 15 is 0 Å². The van der Waals surface area contributed by atoms with Crippen LogP contribution in [0.25, 0.3) is 11.1 Å². The highest BCUT2D eigenvalue weighted by Gasteiger charge is 2.42. The molecule has 0 amide bonds. The highest BCUT2D eigenvalue weighted by Crippen LogP contribution is 2.46. The van der Waals surface area contributed by atoms with Gasteiger partial charge in [-0.2, -0.15) is 0 Å². The van der Waals surface area contributed by atoms with Gasteiger partial charge in [-0.25, -0.2) is 0 Å². The Balaban J connectivity index is 0.00000133. The standard InChI is InChI=1S/C16H16ClN.ClH/c1-18-16(9-10-16)13-6-4-5-12(11-13)14-7-2-3-8-15(14)17;/h2-8,11,18H,9-10H2,1H3;1H. The third kappa shape index (κ3) is 2.64. The Hall–Kier alpha value is -1.02. The zero-order valence-electron chi connectivity index (χ0n) is 10.8. The molecule has 3 heteroatoms. The molecule has 3 rings (SSSR count). The van der Waals surface area contributed by atoms with Gasteiger partial charge in [-0.05, 0) is 43.1 Å². The average molecular weight is 294 g/mol. The van der Waals surface area contributed by atoms with Crippen LogP contribution in [-0.2, 0) is 5.54 Å². The van der Waals surface area contributed by atoms with Crippen LogP contribution in [0.5, 0.6) is 0 Å². The molecule has 2 aromatic carbocycles. The van der Waals surface area contributed by atoms with Gasteiger partial charge in [0.15, 0.2) is 0 Å². The molecule has 0 saturated heterocycles. The minimum atomic E-state index is 0. The van der Waals surface area contributed by atoms with Crippen molar-refractivity contribution in [3.8, 4) is 11.1 Å². The molecule has 1 N–H and O–H groups in total. The van der Waals surface area contributed by atoms with Crippen LogP contribution in [0.4, 0.5) is 0 Å². The van der Waals surface area contributed by atoms with E-state index in [9.17, 15) is 0 Å². The fourth-order valence-electron chi connectivity index (χ4n) is 2.49. The number of rotatable bonds is 3. The second-order valence-corrected chi connectivity index (χ2v) is 5.30. The number of halogens is 2. The van der Waals surface area contributed by atoms with Crippen molar-refractivity contribution in [3.05, 3.63) is 59.1 Å². The second kappa shape index (κ2) is 5.54. The molecule has 0 unspecified atom stereocenters. The summed E-state index contributed by atoms with van der Waals surface area (Å²) in [5.41, 5.74) is 3.87. The molecule has 100 valence electrons. The van der Waals surface area contributed by atoms with Crippen LogP contribution in [0, 0.1) is 0 Å². The molecule has 0 heterocycles. The van der Waals surface area contributed by atoms with Gasteiger partial charge in [-0.15, -0.1) is 12.4 Å². The second-order valence-electron chi connectivity index (χ2n) is 4.89. The molecule has 0 aromatic heterocycles. The maximum Gasteiger partial charge on any atom is 0.0484 e. The Morgan fingerprint density at radius 3 is 2.42 bits per heavy atom. The monoisotopic (exact) mass is 293 g/mol. The lowest BCUT2D eigenvalue weighted by Gasteiger charge is -2.16. The first-order valence-corrected chi connectivity index (χ1v) is 6.67. The summed E-state index contributed by atoms with van der Waals surface area (Å²) in [6.07, 6.45) is 2.44. The number of benzene rings is 2. The van der Waals surface area contributed by atoms with E-state index in [1.54, 1.807) is 0 Å². The SMILES string of the molecule is CNC1(c2cccc(-c3ccccc3Cl)c2)CC1.Cl. The van der Waals surface area contributed by atoms with E-state index in [1.165, 1.54) is 24.0 Å². The molecule has 0 spiro atoms. The molecule has 0 atom stereocenters. The lowest BCUT2D eigenvalue weighted by Crippen LogP contribution is -2.24. The van der Waals surface area contributed by atoms with Crippen molar-refractivity contribution < 1.29 is 0 Å². The first kappa shape index (κ1) is 14.4.